The van der Waals surface area contributed by atoms with E-state index in [1.807, 2.05) is 18.2 Å². The number of para-hydroxylation sites is 1. The molecule has 0 amide bonds. The van der Waals surface area contributed by atoms with E-state index in [1.165, 1.54) is 11.1 Å². The monoisotopic (exact) mass is 277 g/mol. The quantitative estimate of drug-likeness (QED) is 0.710. The standard InChI is InChI=1S/C19H19NO/c1-15(14-17-10-7-13-21-17)20-19-12-6-5-11-18(19)16-8-3-2-4-9-16/h2-13,15,20H,14H2,1H3. The number of anilines is 1. The Kier molecular flexibility index (Phi) is 4.06. The van der Waals surface area contributed by atoms with E-state index in [1.54, 1.807) is 6.26 Å². The lowest BCUT2D eigenvalue weighted by Gasteiger charge is -2.17. The van der Waals surface area contributed by atoms with Crippen molar-refractivity contribution in [2.75, 3.05) is 5.32 Å². The lowest BCUT2D eigenvalue weighted by molar-refractivity contribution is 0.498. The largest absolute Gasteiger partial charge is 0.469 e. The molecule has 0 aliphatic heterocycles. The van der Waals surface area contributed by atoms with Gasteiger partial charge in [0.2, 0.25) is 0 Å². The van der Waals surface area contributed by atoms with Gasteiger partial charge in [0.25, 0.3) is 0 Å². The molecule has 1 aromatic heterocycles. The number of furan rings is 1. The summed E-state index contributed by atoms with van der Waals surface area (Å²) in [6.07, 6.45) is 2.59. The van der Waals surface area contributed by atoms with Crippen LogP contribution < -0.4 is 5.32 Å². The first-order chi connectivity index (χ1) is 10.3. The highest BCUT2D eigenvalue weighted by Crippen LogP contribution is 2.28. The molecule has 2 nitrogen and oxygen atoms in total. The minimum absolute atomic E-state index is 0.306. The zero-order valence-electron chi connectivity index (χ0n) is 12.1. The number of hydrogen-bond donors (Lipinski definition) is 1. The van der Waals surface area contributed by atoms with Gasteiger partial charge in [0, 0.05) is 23.7 Å². The van der Waals surface area contributed by atoms with Crippen LogP contribution in [0.3, 0.4) is 0 Å². The van der Waals surface area contributed by atoms with Crippen LogP contribution in [-0.2, 0) is 6.42 Å². The smallest absolute Gasteiger partial charge is 0.105 e. The lowest BCUT2D eigenvalue weighted by Crippen LogP contribution is -2.18. The summed E-state index contributed by atoms with van der Waals surface area (Å²) in [7, 11) is 0. The zero-order chi connectivity index (χ0) is 14.5. The van der Waals surface area contributed by atoms with Gasteiger partial charge in [-0.05, 0) is 30.7 Å². The van der Waals surface area contributed by atoms with Gasteiger partial charge in [-0.2, -0.15) is 0 Å². The van der Waals surface area contributed by atoms with E-state index in [9.17, 15) is 0 Å². The van der Waals surface area contributed by atoms with E-state index in [4.69, 9.17) is 4.42 Å². The number of hydrogen-bond acceptors (Lipinski definition) is 2. The minimum Gasteiger partial charge on any atom is -0.469 e. The predicted molar refractivity (Wildman–Crippen MR) is 87.4 cm³/mol. The maximum absolute atomic E-state index is 5.42. The van der Waals surface area contributed by atoms with E-state index in [-0.39, 0.29) is 0 Å². The second-order valence-electron chi connectivity index (χ2n) is 5.24. The fourth-order valence-electron chi connectivity index (χ4n) is 2.53. The molecule has 2 aromatic carbocycles. The average Bonchev–Trinajstić information content (AvgIpc) is 3.01. The Morgan fingerprint density at radius 2 is 1.67 bits per heavy atom. The van der Waals surface area contributed by atoms with Gasteiger partial charge in [0.05, 0.1) is 6.26 Å². The fraction of sp³-hybridized carbons (Fsp3) is 0.158. The SMILES string of the molecule is CC(Cc1ccco1)Nc1ccccc1-c1ccccc1. The predicted octanol–water partition coefficient (Wildman–Crippen LogP) is 4.99. The van der Waals surface area contributed by atoms with Crippen molar-refractivity contribution in [3.05, 3.63) is 78.8 Å². The Labute approximate surface area is 125 Å². The molecule has 3 rings (SSSR count). The van der Waals surface area contributed by atoms with Gasteiger partial charge in [-0.3, -0.25) is 0 Å². The molecule has 1 heterocycles. The third-order valence-corrected chi connectivity index (χ3v) is 3.50. The first-order valence-electron chi connectivity index (χ1n) is 7.26. The van der Waals surface area contributed by atoms with Crippen molar-refractivity contribution in [1.82, 2.24) is 0 Å². The Hall–Kier alpha value is -2.48. The molecular weight excluding hydrogens is 258 g/mol. The van der Waals surface area contributed by atoms with Gasteiger partial charge in [-0.15, -0.1) is 0 Å². The van der Waals surface area contributed by atoms with Gasteiger partial charge < -0.3 is 9.73 Å². The van der Waals surface area contributed by atoms with E-state index in [0.717, 1.165) is 17.9 Å². The van der Waals surface area contributed by atoms with Crippen LogP contribution in [0.1, 0.15) is 12.7 Å². The van der Waals surface area contributed by atoms with E-state index in [2.05, 4.69) is 60.8 Å². The number of rotatable bonds is 5. The molecule has 0 radical (unpaired) electrons. The summed E-state index contributed by atoms with van der Waals surface area (Å²) in [5, 5.41) is 3.59. The topological polar surface area (TPSA) is 25.2 Å². The molecule has 1 atom stereocenters. The minimum atomic E-state index is 0.306. The highest BCUT2D eigenvalue weighted by Gasteiger charge is 2.09. The molecule has 0 saturated carbocycles. The van der Waals surface area contributed by atoms with Crippen LogP contribution in [0.25, 0.3) is 11.1 Å². The molecule has 0 aliphatic carbocycles. The first-order valence-corrected chi connectivity index (χ1v) is 7.26. The Balaban J connectivity index is 1.79. The second kappa shape index (κ2) is 6.31. The molecule has 0 bridgehead atoms. The molecule has 0 spiro atoms. The van der Waals surface area contributed by atoms with Crippen LogP contribution >= 0.6 is 0 Å². The van der Waals surface area contributed by atoms with Crippen LogP contribution in [-0.4, -0.2) is 6.04 Å². The van der Waals surface area contributed by atoms with Crippen molar-refractivity contribution in [3.63, 3.8) is 0 Å². The summed E-state index contributed by atoms with van der Waals surface area (Å²) in [4.78, 5) is 0. The van der Waals surface area contributed by atoms with Crippen LogP contribution in [0.4, 0.5) is 5.69 Å². The summed E-state index contributed by atoms with van der Waals surface area (Å²) in [6.45, 7) is 2.17. The summed E-state index contributed by atoms with van der Waals surface area (Å²) in [6, 6.07) is 23.1. The van der Waals surface area contributed by atoms with E-state index in [0.29, 0.717) is 6.04 Å². The third-order valence-electron chi connectivity index (χ3n) is 3.50. The van der Waals surface area contributed by atoms with Gasteiger partial charge >= 0.3 is 0 Å². The van der Waals surface area contributed by atoms with E-state index < -0.39 is 0 Å². The highest BCUT2D eigenvalue weighted by molar-refractivity contribution is 5.77. The van der Waals surface area contributed by atoms with Crippen LogP contribution in [0, 0.1) is 0 Å². The molecule has 0 saturated heterocycles. The highest BCUT2D eigenvalue weighted by atomic mass is 16.3. The van der Waals surface area contributed by atoms with Crippen molar-refractivity contribution >= 4 is 5.69 Å². The molecule has 3 aromatic rings. The average molecular weight is 277 g/mol. The second-order valence-corrected chi connectivity index (χ2v) is 5.24. The van der Waals surface area contributed by atoms with Gasteiger partial charge in [-0.1, -0.05) is 48.5 Å². The van der Waals surface area contributed by atoms with Crippen molar-refractivity contribution in [2.45, 2.75) is 19.4 Å². The van der Waals surface area contributed by atoms with Gasteiger partial charge in [0.15, 0.2) is 0 Å². The van der Waals surface area contributed by atoms with Crippen LogP contribution in [0.15, 0.2) is 77.4 Å². The van der Waals surface area contributed by atoms with E-state index >= 15 is 0 Å². The molecular formula is C19H19NO. The van der Waals surface area contributed by atoms with Crippen molar-refractivity contribution in [3.8, 4) is 11.1 Å². The molecule has 1 unspecified atom stereocenters. The Morgan fingerprint density at radius 3 is 2.43 bits per heavy atom. The Morgan fingerprint density at radius 1 is 0.905 bits per heavy atom. The lowest BCUT2D eigenvalue weighted by atomic mass is 10.0. The van der Waals surface area contributed by atoms with Gasteiger partial charge in [-0.25, -0.2) is 0 Å². The normalized spacial score (nSPS) is 12.0. The molecule has 106 valence electrons. The van der Waals surface area contributed by atoms with Gasteiger partial charge in [0.1, 0.15) is 5.76 Å². The van der Waals surface area contributed by atoms with Crippen molar-refractivity contribution in [2.24, 2.45) is 0 Å². The summed E-state index contributed by atoms with van der Waals surface area (Å²) in [5.41, 5.74) is 3.61. The maximum Gasteiger partial charge on any atom is 0.105 e. The molecule has 2 heteroatoms. The van der Waals surface area contributed by atoms with Crippen LogP contribution in [0.2, 0.25) is 0 Å². The third kappa shape index (κ3) is 3.34. The van der Waals surface area contributed by atoms with Crippen molar-refractivity contribution < 1.29 is 4.42 Å². The molecule has 0 aliphatic rings. The molecule has 0 fully saturated rings. The first kappa shape index (κ1) is 13.5. The zero-order valence-corrected chi connectivity index (χ0v) is 12.1. The number of nitrogens with one attached hydrogen (secondary N) is 1. The van der Waals surface area contributed by atoms with Crippen molar-refractivity contribution in [1.29, 1.82) is 0 Å². The summed E-state index contributed by atoms with van der Waals surface area (Å²) >= 11 is 0. The molecule has 21 heavy (non-hydrogen) atoms. The summed E-state index contributed by atoms with van der Waals surface area (Å²) in [5.74, 6) is 1.01. The maximum atomic E-state index is 5.42. The van der Waals surface area contributed by atoms with Crippen LogP contribution in [0.5, 0.6) is 0 Å². The Bertz CT molecular complexity index is 674. The fourth-order valence-corrected chi connectivity index (χ4v) is 2.53. The number of benzene rings is 2. The molecule has 1 N–H and O–H groups in total. The summed E-state index contributed by atoms with van der Waals surface area (Å²) < 4.78 is 5.42.